The second-order valence-electron chi connectivity index (χ2n) is 7.97. The highest BCUT2D eigenvalue weighted by Gasteiger charge is 2.53. The van der Waals surface area contributed by atoms with Crippen molar-refractivity contribution < 1.29 is 61.5 Å². The van der Waals surface area contributed by atoms with Gasteiger partial charge in [0.05, 0.1) is 6.61 Å². The average Bonchev–Trinajstić information content (AvgIpc) is 2.80. The Balaban J connectivity index is 2.58. The third-order valence-electron chi connectivity index (χ3n) is 4.81. The van der Waals surface area contributed by atoms with Crippen LogP contribution in [0.25, 0.3) is 6.08 Å². The molecule has 1 fully saturated rings. The molecule has 0 unspecified atom stereocenters. The van der Waals surface area contributed by atoms with Gasteiger partial charge in [0.1, 0.15) is 18.5 Å². The standard InChI is InChI=1S/C25H29FO12/c1-6-32-24(31)19(11-17-8-7-9-18(26)10-17)37-25-23(36-16(5)30)22(35-15(4)29)21(34-14(3)28)20(38-25)12-33-13(2)27/h7-11,20-23,25H,6,12H2,1-5H3/t20-,21+,22+,23-,25-/m0/s1. The van der Waals surface area contributed by atoms with Gasteiger partial charge in [-0.25, -0.2) is 9.18 Å². The summed E-state index contributed by atoms with van der Waals surface area (Å²) in [6.45, 7) is 5.35. The zero-order valence-electron chi connectivity index (χ0n) is 21.5. The molecular weight excluding hydrogens is 511 g/mol. The van der Waals surface area contributed by atoms with Gasteiger partial charge in [-0.3, -0.25) is 19.2 Å². The zero-order chi connectivity index (χ0) is 28.4. The first kappa shape index (κ1) is 30.2. The first-order valence-electron chi connectivity index (χ1n) is 11.5. The number of carbonyl (C=O) groups is 5. The highest BCUT2D eigenvalue weighted by atomic mass is 19.1. The molecular formula is C25H29FO12. The molecule has 1 aromatic carbocycles. The zero-order valence-corrected chi connectivity index (χ0v) is 21.5. The second kappa shape index (κ2) is 14.1. The van der Waals surface area contributed by atoms with E-state index in [0.29, 0.717) is 0 Å². The lowest BCUT2D eigenvalue weighted by Crippen LogP contribution is -2.63. The summed E-state index contributed by atoms with van der Waals surface area (Å²) in [6, 6.07) is 5.20. The van der Waals surface area contributed by atoms with Crippen molar-refractivity contribution in [1.82, 2.24) is 0 Å². The first-order chi connectivity index (χ1) is 17.9. The minimum Gasteiger partial charge on any atom is -0.463 e. The molecule has 38 heavy (non-hydrogen) atoms. The van der Waals surface area contributed by atoms with Crippen molar-refractivity contribution in [3.05, 3.63) is 41.4 Å². The van der Waals surface area contributed by atoms with Crippen LogP contribution >= 0.6 is 0 Å². The monoisotopic (exact) mass is 540 g/mol. The van der Waals surface area contributed by atoms with E-state index in [0.717, 1.165) is 39.8 Å². The number of rotatable bonds is 10. The summed E-state index contributed by atoms with van der Waals surface area (Å²) in [5.41, 5.74) is 0.221. The van der Waals surface area contributed by atoms with Crippen LogP contribution in [0, 0.1) is 5.82 Å². The van der Waals surface area contributed by atoms with E-state index in [1.54, 1.807) is 6.92 Å². The van der Waals surface area contributed by atoms with Crippen LogP contribution in [0.4, 0.5) is 4.39 Å². The van der Waals surface area contributed by atoms with Crippen molar-refractivity contribution in [2.24, 2.45) is 0 Å². The fraction of sp³-hybridized carbons (Fsp3) is 0.480. The summed E-state index contributed by atoms with van der Waals surface area (Å²) in [4.78, 5) is 59.9. The molecule has 0 aliphatic carbocycles. The van der Waals surface area contributed by atoms with Gasteiger partial charge in [-0.2, -0.15) is 0 Å². The molecule has 1 aromatic rings. The molecule has 1 heterocycles. The summed E-state index contributed by atoms with van der Waals surface area (Å²) >= 11 is 0. The van der Waals surface area contributed by atoms with E-state index < -0.39 is 78.7 Å². The molecule has 0 N–H and O–H groups in total. The topological polar surface area (TPSA) is 150 Å². The average molecular weight is 540 g/mol. The maximum absolute atomic E-state index is 13.8. The van der Waals surface area contributed by atoms with Crippen molar-refractivity contribution in [1.29, 1.82) is 0 Å². The Kier molecular flexibility index (Phi) is 11.2. The van der Waals surface area contributed by atoms with Crippen LogP contribution in [0.3, 0.4) is 0 Å². The predicted octanol–water partition coefficient (Wildman–Crippen LogP) is 1.83. The van der Waals surface area contributed by atoms with Crippen LogP contribution in [0.1, 0.15) is 40.2 Å². The quantitative estimate of drug-likeness (QED) is 0.184. The van der Waals surface area contributed by atoms with Crippen molar-refractivity contribution >= 4 is 35.9 Å². The van der Waals surface area contributed by atoms with Crippen LogP contribution in [0.5, 0.6) is 0 Å². The van der Waals surface area contributed by atoms with Gasteiger partial charge in [0.15, 0.2) is 12.2 Å². The maximum atomic E-state index is 13.8. The van der Waals surface area contributed by atoms with Gasteiger partial charge in [0.2, 0.25) is 18.2 Å². The molecule has 0 bridgehead atoms. The van der Waals surface area contributed by atoms with E-state index in [4.69, 9.17) is 33.2 Å². The summed E-state index contributed by atoms with van der Waals surface area (Å²) in [5.74, 6) is -5.22. The van der Waals surface area contributed by atoms with Crippen LogP contribution < -0.4 is 0 Å². The predicted molar refractivity (Wildman–Crippen MR) is 124 cm³/mol. The second-order valence-corrected chi connectivity index (χ2v) is 7.97. The number of carbonyl (C=O) groups excluding carboxylic acids is 5. The number of benzene rings is 1. The van der Waals surface area contributed by atoms with Gasteiger partial charge < -0.3 is 33.2 Å². The third kappa shape index (κ3) is 9.14. The minimum atomic E-state index is -1.67. The largest absolute Gasteiger partial charge is 0.463 e. The molecule has 13 heteroatoms. The van der Waals surface area contributed by atoms with Gasteiger partial charge in [-0.1, -0.05) is 12.1 Å². The molecule has 1 aliphatic heterocycles. The number of ether oxygens (including phenoxy) is 7. The number of esters is 5. The van der Waals surface area contributed by atoms with E-state index in [1.165, 1.54) is 18.2 Å². The van der Waals surface area contributed by atoms with E-state index in [2.05, 4.69) is 0 Å². The van der Waals surface area contributed by atoms with E-state index in [1.807, 2.05) is 0 Å². The lowest BCUT2D eigenvalue weighted by Gasteiger charge is -2.43. The first-order valence-corrected chi connectivity index (χ1v) is 11.5. The molecule has 1 saturated heterocycles. The minimum absolute atomic E-state index is 0.0404. The van der Waals surface area contributed by atoms with Crippen molar-refractivity contribution in [3.8, 4) is 0 Å². The Morgan fingerprint density at radius 2 is 1.45 bits per heavy atom. The summed E-state index contributed by atoms with van der Waals surface area (Å²) in [6.07, 6.45) is -6.27. The van der Waals surface area contributed by atoms with Crippen LogP contribution in [0.15, 0.2) is 30.0 Å². The number of halogens is 1. The van der Waals surface area contributed by atoms with Crippen molar-refractivity contribution in [2.75, 3.05) is 13.2 Å². The molecule has 5 atom stereocenters. The molecule has 12 nitrogen and oxygen atoms in total. The highest BCUT2D eigenvalue weighted by Crippen LogP contribution is 2.31. The van der Waals surface area contributed by atoms with Crippen molar-refractivity contribution in [2.45, 2.75) is 65.3 Å². The Hall–Kier alpha value is -4.00. The van der Waals surface area contributed by atoms with Gasteiger partial charge in [-0.05, 0) is 30.7 Å². The molecule has 0 spiro atoms. The molecule has 0 radical (unpaired) electrons. The van der Waals surface area contributed by atoms with Crippen LogP contribution in [0.2, 0.25) is 0 Å². The van der Waals surface area contributed by atoms with Gasteiger partial charge in [0, 0.05) is 27.7 Å². The Morgan fingerprint density at radius 1 is 0.842 bits per heavy atom. The normalized spacial score (nSPS) is 23.0. The summed E-state index contributed by atoms with van der Waals surface area (Å²) in [5, 5.41) is 0. The van der Waals surface area contributed by atoms with E-state index >= 15 is 0 Å². The smallest absolute Gasteiger partial charge is 0.373 e. The molecule has 1 aliphatic rings. The van der Waals surface area contributed by atoms with E-state index in [9.17, 15) is 28.4 Å². The lowest BCUT2D eigenvalue weighted by atomic mass is 9.98. The SMILES string of the molecule is CCOC(=O)C(=Cc1cccc(F)c1)O[C@H]1O[C@@H](COC(C)=O)[C@@H](OC(C)=O)[C@@H](OC(C)=O)[C@@H]1OC(C)=O. The fourth-order valence-electron chi connectivity index (χ4n) is 3.50. The van der Waals surface area contributed by atoms with Gasteiger partial charge in [0.25, 0.3) is 0 Å². The maximum Gasteiger partial charge on any atom is 0.373 e. The van der Waals surface area contributed by atoms with Crippen LogP contribution in [-0.4, -0.2) is 73.8 Å². The Bertz CT molecular complexity index is 1070. The number of hydrogen-bond acceptors (Lipinski definition) is 12. The summed E-state index contributed by atoms with van der Waals surface area (Å²) in [7, 11) is 0. The summed E-state index contributed by atoms with van der Waals surface area (Å²) < 4.78 is 51.3. The van der Waals surface area contributed by atoms with Crippen LogP contribution in [-0.2, 0) is 57.1 Å². The fourth-order valence-corrected chi connectivity index (χ4v) is 3.50. The highest BCUT2D eigenvalue weighted by molar-refractivity contribution is 5.91. The molecule has 2 rings (SSSR count). The molecule has 0 saturated carbocycles. The molecule has 0 aromatic heterocycles. The van der Waals surface area contributed by atoms with E-state index in [-0.39, 0.29) is 12.2 Å². The van der Waals surface area contributed by atoms with Gasteiger partial charge >= 0.3 is 29.8 Å². The van der Waals surface area contributed by atoms with Crippen molar-refractivity contribution in [3.63, 3.8) is 0 Å². The third-order valence-corrected chi connectivity index (χ3v) is 4.81. The Morgan fingerprint density at radius 3 is 2.00 bits per heavy atom. The molecule has 0 amide bonds. The molecule has 208 valence electrons. The van der Waals surface area contributed by atoms with Gasteiger partial charge in [-0.15, -0.1) is 0 Å². The number of hydrogen-bond donors (Lipinski definition) is 0. The lowest BCUT2D eigenvalue weighted by molar-refractivity contribution is -0.299. The Labute approximate surface area is 217 Å².